The van der Waals surface area contributed by atoms with Crippen molar-refractivity contribution in [1.82, 2.24) is 0 Å². The molecule has 0 aromatic heterocycles. The highest BCUT2D eigenvalue weighted by Crippen LogP contribution is 2.31. The predicted molar refractivity (Wildman–Crippen MR) is 76.3 cm³/mol. The first-order chi connectivity index (χ1) is 8.10. The fraction of sp³-hybridized carbons (Fsp3) is 0.417. The molecule has 1 aromatic rings. The van der Waals surface area contributed by atoms with Gasteiger partial charge in [-0.1, -0.05) is 25.1 Å². The van der Waals surface area contributed by atoms with E-state index in [1.807, 2.05) is 24.5 Å². The zero-order valence-corrected chi connectivity index (χ0v) is 11.9. The Kier molecular flexibility index (Phi) is 5.71. The molecule has 5 heteroatoms. The molecule has 3 nitrogen and oxygen atoms in total. The van der Waals surface area contributed by atoms with Crippen molar-refractivity contribution >= 4 is 29.4 Å². The van der Waals surface area contributed by atoms with Crippen LogP contribution in [0, 0.1) is 5.92 Å². The Hall–Kier alpha value is -0.810. The van der Waals surface area contributed by atoms with Gasteiger partial charge in [-0.15, -0.1) is 23.5 Å². The third kappa shape index (κ3) is 3.85. The van der Waals surface area contributed by atoms with Crippen LogP contribution in [0.2, 0.25) is 0 Å². The quantitative estimate of drug-likeness (QED) is 0.283. The third-order valence-corrected chi connectivity index (χ3v) is 4.41. The molecule has 17 heavy (non-hydrogen) atoms. The Morgan fingerprint density at radius 2 is 2.06 bits per heavy atom. The average Bonchev–Trinajstić information content (AvgIpc) is 2.34. The first-order valence-electron chi connectivity index (χ1n) is 5.37. The summed E-state index contributed by atoms with van der Waals surface area (Å²) < 4.78 is 0. The van der Waals surface area contributed by atoms with Crippen LogP contribution >= 0.6 is 23.5 Å². The number of oxime groups is 1. The first-order valence-corrected chi connectivity index (χ1v) is 7.58. The minimum atomic E-state index is 0.182. The topological polar surface area (TPSA) is 58.6 Å². The Labute approximate surface area is 111 Å². The standard InChI is InChI=1S/C12H18N2OS2/c1-8(2)7-17-10-6-4-5-9(16-3)11(10)12(13)14-15/h4-6,8,15H,7H2,1-3H3,(H2,13,14). The van der Waals surface area contributed by atoms with E-state index in [2.05, 4.69) is 19.0 Å². The van der Waals surface area contributed by atoms with Crippen molar-refractivity contribution in [3.63, 3.8) is 0 Å². The molecule has 0 amide bonds. The van der Waals surface area contributed by atoms with E-state index in [-0.39, 0.29) is 5.84 Å². The zero-order valence-electron chi connectivity index (χ0n) is 10.3. The van der Waals surface area contributed by atoms with Crippen LogP contribution in [0.25, 0.3) is 0 Å². The van der Waals surface area contributed by atoms with E-state index in [0.717, 1.165) is 21.1 Å². The van der Waals surface area contributed by atoms with Crippen molar-refractivity contribution in [2.24, 2.45) is 16.8 Å². The molecule has 0 aliphatic rings. The number of rotatable bonds is 5. The third-order valence-electron chi connectivity index (χ3n) is 2.14. The number of hydrogen-bond donors (Lipinski definition) is 2. The van der Waals surface area contributed by atoms with Gasteiger partial charge in [-0.25, -0.2) is 0 Å². The maximum Gasteiger partial charge on any atom is 0.172 e. The Morgan fingerprint density at radius 3 is 2.59 bits per heavy atom. The highest BCUT2D eigenvalue weighted by atomic mass is 32.2. The summed E-state index contributed by atoms with van der Waals surface area (Å²) in [6.45, 7) is 4.35. The van der Waals surface area contributed by atoms with E-state index in [0.29, 0.717) is 5.92 Å². The lowest BCUT2D eigenvalue weighted by Gasteiger charge is -2.12. The number of benzene rings is 1. The van der Waals surface area contributed by atoms with Crippen LogP contribution in [-0.2, 0) is 0 Å². The second-order valence-corrected chi connectivity index (χ2v) is 5.93. The lowest BCUT2D eigenvalue weighted by atomic mass is 10.2. The monoisotopic (exact) mass is 270 g/mol. The summed E-state index contributed by atoms with van der Waals surface area (Å²) in [7, 11) is 0. The van der Waals surface area contributed by atoms with E-state index >= 15 is 0 Å². The van der Waals surface area contributed by atoms with Gasteiger partial charge in [-0.05, 0) is 24.3 Å². The molecule has 1 rings (SSSR count). The molecule has 0 saturated carbocycles. The normalized spacial score (nSPS) is 12.1. The number of nitrogens with zero attached hydrogens (tertiary/aromatic N) is 1. The lowest BCUT2D eigenvalue weighted by Crippen LogP contribution is -2.15. The summed E-state index contributed by atoms with van der Waals surface area (Å²) in [4.78, 5) is 2.11. The summed E-state index contributed by atoms with van der Waals surface area (Å²) in [5.41, 5.74) is 6.59. The van der Waals surface area contributed by atoms with Gasteiger partial charge >= 0.3 is 0 Å². The average molecular weight is 270 g/mol. The van der Waals surface area contributed by atoms with E-state index in [1.165, 1.54) is 0 Å². The minimum absolute atomic E-state index is 0.182. The summed E-state index contributed by atoms with van der Waals surface area (Å²) >= 11 is 3.35. The van der Waals surface area contributed by atoms with Gasteiger partial charge in [0.1, 0.15) is 0 Å². The Balaban J connectivity index is 3.10. The molecular formula is C12H18N2OS2. The molecule has 0 fully saturated rings. The van der Waals surface area contributed by atoms with Crippen molar-refractivity contribution < 1.29 is 5.21 Å². The molecule has 0 unspecified atom stereocenters. The van der Waals surface area contributed by atoms with Gasteiger partial charge in [-0.3, -0.25) is 0 Å². The smallest absolute Gasteiger partial charge is 0.172 e. The van der Waals surface area contributed by atoms with Crippen LogP contribution in [-0.4, -0.2) is 23.1 Å². The van der Waals surface area contributed by atoms with Gasteiger partial charge in [0.15, 0.2) is 5.84 Å². The van der Waals surface area contributed by atoms with Crippen molar-refractivity contribution in [2.75, 3.05) is 12.0 Å². The molecule has 0 bridgehead atoms. The highest BCUT2D eigenvalue weighted by Gasteiger charge is 2.13. The van der Waals surface area contributed by atoms with Gasteiger partial charge in [-0.2, -0.15) is 0 Å². The SMILES string of the molecule is CSc1cccc(SCC(C)C)c1/C(N)=N/O. The first kappa shape index (κ1) is 14.3. The summed E-state index contributed by atoms with van der Waals surface area (Å²) in [5, 5.41) is 12.0. The van der Waals surface area contributed by atoms with Crippen molar-refractivity contribution in [3.8, 4) is 0 Å². The van der Waals surface area contributed by atoms with Crippen molar-refractivity contribution in [1.29, 1.82) is 0 Å². The van der Waals surface area contributed by atoms with E-state index in [4.69, 9.17) is 10.9 Å². The number of hydrogen-bond acceptors (Lipinski definition) is 4. The molecule has 0 aliphatic heterocycles. The second kappa shape index (κ2) is 6.81. The van der Waals surface area contributed by atoms with E-state index < -0.39 is 0 Å². The van der Waals surface area contributed by atoms with Crippen LogP contribution in [0.15, 0.2) is 33.1 Å². The van der Waals surface area contributed by atoms with Gasteiger partial charge in [0.2, 0.25) is 0 Å². The molecular weight excluding hydrogens is 252 g/mol. The molecule has 0 heterocycles. The van der Waals surface area contributed by atoms with Crippen LogP contribution in [0.4, 0.5) is 0 Å². The number of nitrogens with two attached hydrogens (primary N) is 1. The maximum absolute atomic E-state index is 8.85. The molecule has 94 valence electrons. The zero-order chi connectivity index (χ0) is 12.8. The maximum atomic E-state index is 8.85. The lowest BCUT2D eigenvalue weighted by molar-refractivity contribution is 0.318. The fourth-order valence-electron chi connectivity index (χ4n) is 1.36. The largest absolute Gasteiger partial charge is 0.409 e. The van der Waals surface area contributed by atoms with Gasteiger partial charge in [0, 0.05) is 21.1 Å². The van der Waals surface area contributed by atoms with Crippen LogP contribution in [0.1, 0.15) is 19.4 Å². The minimum Gasteiger partial charge on any atom is -0.409 e. The second-order valence-electron chi connectivity index (χ2n) is 4.02. The van der Waals surface area contributed by atoms with Crippen molar-refractivity contribution in [3.05, 3.63) is 23.8 Å². The molecule has 0 aliphatic carbocycles. The summed E-state index contributed by atoms with van der Waals surface area (Å²) in [6, 6.07) is 6.00. The van der Waals surface area contributed by atoms with E-state index in [9.17, 15) is 0 Å². The molecule has 0 radical (unpaired) electrons. The van der Waals surface area contributed by atoms with E-state index in [1.54, 1.807) is 23.5 Å². The number of amidine groups is 1. The molecule has 1 aromatic carbocycles. The summed E-state index contributed by atoms with van der Waals surface area (Å²) in [6.07, 6.45) is 1.99. The van der Waals surface area contributed by atoms with Crippen LogP contribution in [0.5, 0.6) is 0 Å². The van der Waals surface area contributed by atoms with Gasteiger partial charge in [0.25, 0.3) is 0 Å². The Bertz CT molecular complexity index is 405. The van der Waals surface area contributed by atoms with Crippen LogP contribution in [0.3, 0.4) is 0 Å². The predicted octanol–water partition coefficient (Wildman–Crippen LogP) is 3.25. The van der Waals surface area contributed by atoms with Gasteiger partial charge in [0.05, 0.1) is 0 Å². The molecule has 0 saturated heterocycles. The molecule has 3 N–H and O–H groups in total. The van der Waals surface area contributed by atoms with Crippen LogP contribution < -0.4 is 5.73 Å². The highest BCUT2D eigenvalue weighted by molar-refractivity contribution is 8.00. The number of thioether (sulfide) groups is 2. The fourth-order valence-corrected chi connectivity index (χ4v) is 3.10. The molecule has 0 spiro atoms. The van der Waals surface area contributed by atoms with Crippen molar-refractivity contribution in [2.45, 2.75) is 23.6 Å². The molecule has 0 atom stereocenters. The Morgan fingerprint density at radius 1 is 1.41 bits per heavy atom. The summed E-state index contributed by atoms with van der Waals surface area (Å²) in [5.74, 6) is 1.81. The van der Waals surface area contributed by atoms with Gasteiger partial charge < -0.3 is 10.9 Å².